The molecule has 2 aliphatic rings. The van der Waals surface area contributed by atoms with Gasteiger partial charge >= 0.3 is 6.09 Å². The monoisotopic (exact) mass is 270 g/mol. The van der Waals surface area contributed by atoms with Crippen LogP contribution in [0.4, 0.5) is 4.79 Å². The number of nitrogens with two attached hydrogens (primary N) is 1. The Morgan fingerprint density at radius 3 is 2.32 bits per heavy atom. The zero-order valence-corrected chi connectivity index (χ0v) is 12.2. The van der Waals surface area contributed by atoms with Crippen LogP contribution in [0.3, 0.4) is 0 Å². The molecule has 0 aromatic carbocycles. The Kier molecular flexibility index (Phi) is 3.80. The number of aliphatic hydroxyl groups excluding tert-OH is 1. The summed E-state index contributed by atoms with van der Waals surface area (Å²) in [5.41, 5.74) is 5.62. The standard InChI is InChI=1S/C14H26N2O3/c1-13(2,3)19-12(18)16-8-10-6-14(15,4-5-17)7-11(10)9-16/h10-11,17H,4-9,15H2,1-3H3/t10-,11+,14?. The number of carbonyl (C=O) groups is 1. The van der Waals surface area contributed by atoms with Gasteiger partial charge in [0.25, 0.3) is 0 Å². The molecule has 19 heavy (non-hydrogen) atoms. The van der Waals surface area contributed by atoms with E-state index in [4.69, 9.17) is 15.6 Å². The summed E-state index contributed by atoms with van der Waals surface area (Å²) >= 11 is 0. The van der Waals surface area contributed by atoms with Crippen molar-refractivity contribution in [3.05, 3.63) is 0 Å². The first-order valence-corrected chi connectivity index (χ1v) is 7.10. The molecule has 1 aliphatic carbocycles. The van der Waals surface area contributed by atoms with Gasteiger partial charge in [-0.3, -0.25) is 0 Å². The molecule has 5 heteroatoms. The van der Waals surface area contributed by atoms with Crippen molar-refractivity contribution in [2.45, 2.75) is 51.2 Å². The first kappa shape index (κ1) is 14.6. The number of ether oxygens (including phenoxy) is 1. The van der Waals surface area contributed by atoms with Crippen molar-refractivity contribution in [3.8, 4) is 0 Å². The number of hydrogen-bond acceptors (Lipinski definition) is 4. The highest BCUT2D eigenvalue weighted by molar-refractivity contribution is 5.68. The van der Waals surface area contributed by atoms with Crippen molar-refractivity contribution in [2.24, 2.45) is 17.6 Å². The average Bonchev–Trinajstić information content (AvgIpc) is 2.69. The van der Waals surface area contributed by atoms with Gasteiger partial charge in [0.1, 0.15) is 5.60 Å². The Hall–Kier alpha value is -0.810. The number of rotatable bonds is 2. The zero-order chi connectivity index (χ0) is 14.3. The van der Waals surface area contributed by atoms with Crippen LogP contribution in [0.2, 0.25) is 0 Å². The van der Waals surface area contributed by atoms with Crippen molar-refractivity contribution in [1.29, 1.82) is 0 Å². The van der Waals surface area contributed by atoms with Crippen molar-refractivity contribution in [2.75, 3.05) is 19.7 Å². The Balaban J connectivity index is 1.89. The molecule has 1 amide bonds. The average molecular weight is 270 g/mol. The van der Waals surface area contributed by atoms with E-state index in [0.717, 1.165) is 25.9 Å². The predicted molar refractivity (Wildman–Crippen MR) is 72.6 cm³/mol. The van der Waals surface area contributed by atoms with Gasteiger partial charge in [-0.15, -0.1) is 0 Å². The first-order chi connectivity index (χ1) is 8.72. The molecular weight excluding hydrogens is 244 g/mol. The molecule has 3 N–H and O–H groups in total. The second kappa shape index (κ2) is 4.94. The highest BCUT2D eigenvalue weighted by Gasteiger charge is 2.48. The molecule has 2 fully saturated rings. The molecule has 0 aromatic rings. The van der Waals surface area contributed by atoms with Crippen molar-refractivity contribution in [1.82, 2.24) is 4.90 Å². The molecule has 0 aromatic heterocycles. The minimum atomic E-state index is -0.441. The van der Waals surface area contributed by atoms with Crippen molar-refractivity contribution >= 4 is 6.09 Å². The lowest BCUT2D eigenvalue weighted by Crippen LogP contribution is -2.41. The molecule has 1 saturated carbocycles. The molecule has 1 saturated heterocycles. The van der Waals surface area contributed by atoms with E-state index in [-0.39, 0.29) is 18.2 Å². The summed E-state index contributed by atoms with van der Waals surface area (Å²) in [5, 5.41) is 9.06. The van der Waals surface area contributed by atoms with E-state index < -0.39 is 5.60 Å². The lowest BCUT2D eigenvalue weighted by Gasteiger charge is -2.28. The van der Waals surface area contributed by atoms with Crippen LogP contribution in [-0.4, -0.2) is 46.9 Å². The Morgan fingerprint density at radius 1 is 1.37 bits per heavy atom. The van der Waals surface area contributed by atoms with Crippen LogP contribution >= 0.6 is 0 Å². The van der Waals surface area contributed by atoms with E-state index in [9.17, 15) is 4.79 Å². The van der Waals surface area contributed by atoms with Gasteiger partial charge in [0.15, 0.2) is 0 Å². The zero-order valence-electron chi connectivity index (χ0n) is 12.2. The number of amides is 1. The molecule has 1 aliphatic heterocycles. The lowest BCUT2D eigenvalue weighted by molar-refractivity contribution is 0.0274. The quantitative estimate of drug-likeness (QED) is 0.794. The smallest absolute Gasteiger partial charge is 0.410 e. The van der Waals surface area contributed by atoms with E-state index in [1.807, 2.05) is 20.8 Å². The van der Waals surface area contributed by atoms with Gasteiger partial charge in [-0.2, -0.15) is 0 Å². The summed E-state index contributed by atoms with van der Waals surface area (Å²) < 4.78 is 5.40. The van der Waals surface area contributed by atoms with Crippen molar-refractivity contribution in [3.63, 3.8) is 0 Å². The fourth-order valence-electron chi connectivity index (χ4n) is 3.43. The topological polar surface area (TPSA) is 75.8 Å². The maximum atomic E-state index is 12.0. The van der Waals surface area contributed by atoms with Crippen LogP contribution in [0.15, 0.2) is 0 Å². The van der Waals surface area contributed by atoms with E-state index >= 15 is 0 Å². The van der Waals surface area contributed by atoms with E-state index in [1.165, 1.54) is 0 Å². The maximum absolute atomic E-state index is 12.0. The van der Waals surface area contributed by atoms with Gasteiger partial charge in [0.05, 0.1) is 0 Å². The third kappa shape index (κ3) is 3.39. The summed E-state index contributed by atoms with van der Waals surface area (Å²) in [6.45, 7) is 7.27. The number of hydrogen-bond donors (Lipinski definition) is 2. The highest BCUT2D eigenvalue weighted by atomic mass is 16.6. The molecule has 2 rings (SSSR count). The molecular formula is C14H26N2O3. The second-order valence-corrected chi connectivity index (χ2v) is 7.15. The first-order valence-electron chi connectivity index (χ1n) is 7.10. The normalized spacial score (nSPS) is 34.5. The summed E-state index contributed by atoms with van der Waals surface area (Å²) in [6, 6.07) is 0. The third-order valence-electron chi connectivity index (χ3n) is 4.18. The van der Waals surface area contributed by atoms with E-state index in [2.05, 4.69) is 0 Å². The molecule has 1 unspecified atom stereocenters. The van der Waals surface area contributed by atoms with Gasteiger partial charge < -0.3 is 20.5 Å². The van der Waals surface area contributed by atoms with E-state index in [1.54, 1.807) is 4.90 Å². The fraction of sp³-hybridized carbons (Fsp3) is 0.929. The third-order valence-corrected chi connectivity index (χ3v) is 4.18. The van der Waals surface area contributed by atoms with Gasteiger partial charge in [0.2, 0.25) is 0 Å². The summed E-state index contributed by atoms with van der Waals surface area (Å²) in [5.74, 6) is 0.924. The molecule has 0 radical (unpaired) electrons. The van der Waals surface area contributed by atoms with Crippen LogP contribution in [0.25, 0.3) is 0 Å². The van der Waals surface area contributed by atoms with Crippen LogP contribution in [0, 0.1) is 11.8 Å². The Bertz CT molecular complexity index is 337. The van der Waals surface area contributed by atoms with Gasteiger partial charge in [-0.1, -0.05) is 0 Å². The van der Waals surface area contributed by atoms with Gasteiger partial charge in [-0.05, 0) is 51.9 Å². The van der Waals surface area contributed by atoms with Crippen LogP contribution < -0.4 is 5.73 Å². The Morgan fingerprint density at radius 2 is 1.89 bits per heavy atom. The lowest BCUT2D eigenvalue weighted by atomic mass is 9.93. The number of aliphatic hydroxyl groups is 1. The second-order valence-electron chi connectivity index (χ2n) is 7.15. The highest BCUT2D eigenvalue weighted by Crippen LogP contribution is 2.44. The number of carbonyl (C=O) groups excluding carboxylic acids is 1. The van der Waals surface area contributed by atoms with Crippen LogP contribution in [0.5, 0.6) is 0 Å². The molecule has 110 valence electrons. The largest absolute Gasteiger partial charge is 0.444 e. The van der Waals surface area contributed by atoms with Gasteiger partial charge in [-0.25, -0.2) is 4.79 Å². The number of fused-ring (bicyclic) bond motifs is 1. The summed E-state index contributed by atoms with van der Waals surface area (Å²) in [6.07, 6.45) is 2.24. The van der Waals surface area contributed by atoms with Crippen LogP contribution in [0.1, 0.15) is 40.0 Å². The minimum absolute atomic E-state index is 0.145. The number of likely N-dealkylation sites (tertiary alicyclic amines) is 1. The molecule has 0 bridgehead atoms. The summed E-state index contributed by atoms with van der Waals surface area (Å²) in [7, 11) is 0. The predicted octanol–water partition coefficient (Wildman–Crippen LogP) is 1.34. The minimum Gasteiger partial charge on any atom is -0.444 e. The Labute approximate surface area is 115 Å². The maximum Gasteiger partial charge on any atom is 0.410 e. The fourth-order valence-corrected chi connectivity index (χ4v) is 3.43. The van der Waals surface area contributed by atoms with Gasteiger partial charge in [0, 0.05) is 25.2 Å². The SMILES string of the molecule is CC(C)(C)OC(=O)N1C[C@@H]2CC(N)(CCO)C[C@@H]2C1. The molecule has 5 nitrogen and oxygen atoms in total. The van der Waals surface area contributed by atoms with E-state index in [0.29, 0.717) is 18.3 Å². The van der Waals surface area contributed by atoms with Crippen LogP contribution in [-0.2, 0) is 4.74 Å². The molecule has 1 heterocycles. The number of nitrogens with zero attached hydrogens (tertiary/aromatic N) is 1. The molecule has 0 spiro atoms. The molecule has 3 atom stereocenters. The summed E-state index contributed by atoms with van der Waals surface area (Å²) in [4.78, 5) is 13.8. The van der Waals surface area contributed by atoms with Crippen molar-refractivity contribution < 1.29 is 14.6 Å².